The van der Waals surface area contributed by atoms with Crippen LogP contribution in [0.2, 0.25) is 0 Å². The molecule has 1 amide bonds. The summed E-state index contributed by atoms with van der Waals surface area (Å²) in [7, 11) is 3.18. The molecule has 9 heteroatoms. The highest BCUT2D eigenvalue weighted by Gasteiger charge is 2.27. The third-order valence-electron chi connectivity index (χ3n) is 6.45. The van der Waals surface area contributed by atoms with Gasteiger partial charge in [0.05, 0.1) is 32.8 Å². The third kappa shape index (κ3) is 5.17. The predicted molar refractivity (Wildman–Crippen MR) is 142 cm³/mol. The van der Waals surface area contributed by atoms with Crippen LogP contribution in [0, 0.1) is 0 Å². The summed E-state index contributed by atoms with van der Waals surface area (Å²) < 4.78 is 17.1. The minimum atomic E-state index is -0.451. The number of nitrogens with one attached hydrogen (secondary N) is 1. The third-order valence-corrected chi connectivity index (χ3v) is 6.45. The Morgan fingerprint density at radius 2 is 1.55 bits per heavy atom. The zero-order valence-electron chi connectivity index (χ0n) is 21.1. The molecule has 194 valence electrons. The van der Waals surface area contributed by atoms with Gasteiger partial charge >= 0.3 is 5.97 Å². The van der Waals surface area contributed by atoms with Crippen molar-refractivity contribution < 1.29 is 28.6 Å². The van der Waals surface area contributed by atoms with Crippen LogP contribution in [0.4, 0.5) is 11.4 Å². The summed E-state index contributed by atoms with van der Waals surface area (Å²) in [6, 6.07) is 21.8. The summed E-state index contributed by atoms with van der Waals surface area (Å²) in [6.07, 6.45) is 0. The number of amides is 1. The first-order valence-electron chi connectivity index (χ1n) is 12.1. The van der Waals surface area contributed by atoms with Crippen LogP contribution in [0.15, 0.2) is 72.8 Å². The number of anilines is 2. The van der Waals surface area contributed by atoms with Gasteiger partial charge in [0.1, 0.15) is 30.3 Å². The maximum absolute atomic E-state index is 13.5. The molecule has 1 saturated heterocycles. The molecule has 0 aliphatic carbocycles. The van der Waals surface area contributed by atoms with E-state index < -0.39 is 5.97 Å². The number of aromatic nitrogens is 1. The number of ketones is 1. The largest absolute Gasteiger partial charge is 0.497 e. The molecule has 0 radical (unpaired) electrons. The van der Waals surface area contributed by atoms with E-state index in [1.807, 2.05) is 42.5 Å². The van der Waals surface area contributed by atoms with Crippen molar-refractivity contribution in [2.45, 2.75) is 6.54 Å². The molecule has 0 atom stereocenters. The van der Waals surface area contributed by atoms with Gasteiger partial charge in [-0.1, -0.05) is 6.07 Å². The summed E-state index contributed by atoms with van der Waals surface area (Å²) >= 11 is 0. The van der Waals surface area contributed by atoms with Gasteiger partial charge in [0.15, 0.2) is 5.78 Å². The Morgan fingerprint density at radius 3 is 2.21 bits per heavy atom. The molecule has 38 heavy (non-hydrogen) atoms. The number of hydrogen-bond donors (Lipinski definition) is 1. The standard InChI is InChI=1S/C29H27N3O6/c1-36-23-9-4-19(5-10-23)27(33)17-32-25-16-22(30-21-7-11-24(37-2)12-8-21)6-3-20(25)15-26(32)29(35)31-13-14-38-28(34)18-31/h3-12,15-16,30H,13-14,17-18H2,1-2H3. The number of morpholine rings is 1. The van der Waals surface area contributed by atoms with Gasteiger partial charge in [0.25, 0.3) is 5.91 Å². The topological polar surface area (TPSA) is 99.1 Å². The van der Waals surface area contributed by atoms with E-state index in [1.165, 1.54) is 4.90 Å². The fourth-order valence-corrected chi connectivity index (χ4v) is 4.42. The van der Waals surface area contributed by atoms with Crippen LogP contribution in [0.5, 0.6) is 11.5 Å². The van der Waals surface area contributed by atoms with Crippen molar-refractivity contribution in [3.05, 3.63) is 84.1 Å². The Morgan fingerprint density at radius 1 is 0.895 bits per heavy atom. The summed E-state index contributed by atoms with van der Waals surface area (Å²) in [5.74, 6) is 0.458. The molecule has 1 N–H and O–H groups in total. The van der Waals surface area contributed by atoms with Crippen LogP contribution >= 0.6 is 0 Å². The molecule has 1 aliphatic heterocycles. The monoisotopic (exact) mass is 513 g/mol. The van der Waals surface area contributed by atoms with Crippen LogP contribution in [-0.2, 0) is 16.1 Å². The summed E-state index contributed by atoms with van der Waals surface area (Å²) in [5.41, 5.74) is 3.20. The van der Waals surface area contributed by atoms with Crippen molar-refractivity contribution in [1.29, 1.82) is 0 Å². The van der Waals surface area contributed by atoms with Gasteiger partial charge < -0.3 is 29.0 Å². The minimum absolute atomic E-state index is 0.0544. The highest BCUT2D eigenvalue weighted by atomic mass is 16.5. The zero-order valence-corrected chi connectivity index (χ0v) is 21.1. The van der Waals surface area contributed by atoms with Crippen molar-refractivity contribution in [3.63, 3.8) is 0 Å². The molecule has 1 fully saturated rings. The van der Waals surface area contributed by atoms with Crippen molar-refractivity contribution in [3.8, 4) is 11.5 Å². The summed E-state index contributed by atoms with van der Waals surface area (Å²) in [6.45, 7) is 0.256. The Labute approximate surface area is 219 Å². The summed E-state index contributed by atoms with van der Waals surface area (Å²) in [4.78, 5) is 40.1. The molecule has 4 aromatic rings. The molecular weight excluding hydrogens is 486 g/mol. The van der Waals surface area contributed by atoms with Gasteiger partial charge in [-0.05, 0) is 66.7 Å². The van der Waals surface area contributed by atoms with Gasteiger partial charge in [-0.3, -0.25) is 14.4 Å². The summed E-state index contributed by atoms with van der Waals surface area (Å²) in [5, 5.41) is 4.16. The van der Waals surface area contributed by atoms with E-state index in [-0.39, 0.29) is 31.4 Å². The Balaban J connectivity index is 1.51. The van der Waals surface area contributed by atoms with Crippen LogP contribution < -0.4 is 14.8 Å². The molecule has 2 heterocycles. The highest BCUT2D eigenvalue weighted by Crippen LogP contribution is 2.28. The number of esters is 1. The second kappa shape index (κ2) is 10.7. The molecule has 0 unspecified atom stereocenters. The fraction of sp³-hybridized carbons (Fsp3) is 0.207. The van der Waals surface area contributed by atoms with Crippen molar-refractivity contribution >= 4 is 39.9 Å². The number of hydrogen-bond acceptors (Lipinski definition) is 7. The van der Waals surface area contributed by atoms with E-state index in [0.717, 1.165) is 22.5 Å². The molecule has 0 bridgehead atoms. The number of nitrogens with zero attached hydrogens (tertiary/aromatic N) is 2. The number of carbonyl (C=O) groups is 3. The average molecular weight is 514 g/mol. The maximum Gasteiger partial charge on any atom is 0.325 e. The SMILES string of the molecule is COc1ccc(Nc2ccc3cc(C(=O)N4CCOC(=O)C4)n(CC(=O)c4ccc(OC)cc4)c3c2)cc1. The number of Topliss-reactive ketones (excluding diaryl/α,β-unsaturated/α-hetero) is 1. The molecular formula is C29H27N3O6. The molecule has 1 aromatic heterocycles. The normalized spacial score (nSPS) is 13.2. The Bertz CT molecular complexity index is 1490. The fourth-order valence-electron chi connectivity index (χ4n) is 4.42. The second-order valence-corrected chi connectivity index (χ2v) is 8.84. The number of fused-ring (bicyclic) bond motifs is 1. The highest BCUT2D eigenvalue weighted by molar-refractivity contribution is 6.03. The molecule has 0 spiro atoms. The first-order valence-corrected chi connectivity index (χ1v) is 12.1. The molecule has 1 aliphatic rings. The first kappa shape index (κ1) is 24.9. The minimum Gasteiger partial charge on any atom is -0.497 e. The maximum atomic E-state index is 13.5. The number of methoxy groups -OCH3 is 2. The van der Waals surface area contributed by atoms with Gasteiger partial charge in [0.2, 0.25) is 0 Å². The second-order valence-electron chi connectivity index (χ2n) is 8.84. The molecule has 9 nitrogen and oxygen atoms in total. The van der Waals surface area contributed by atoms with E-state index >= 15 is 0 Å². The van der Waals surface area contributed by atoms with Crippen molar-refractivity contribution in [2.24, 2.45) is 0 Å². The van der Waals surface area contributed by atoms with Gasteiger partial charge in [-0.15, -0.1) is 0 Å². The number of ether oxygens (including phenoxy) is 3. The number of benzene rings is 3. The smallest absolute Gasteiger partial charge is 0.325 e. The average Bonchev–Trinajstić information content (AvgIpc) is 3.30. The molecule has 5 rings (SSSR count). The molecule has 3 aromatic carbocycles. The van der Waals surface area contributed by atoms with Crippen LogP contribution in [0.3, 0.4) is 0 Å². The first-order chi connectivity index (χ1) is 18.4. The zero-order chi connectivity index (χ0) is 26.6. The van der Waals surface area contributed by atoms with E-state index in [0.29, 0.717) is 29.1 Å². The quantitative estimate of drug-likeness (QED) is 0.277. The van der Waals surface area contributed by atoms with Crippen LogP contribution in [0.25, 0.3) is 10.9 Å². The predicted octanol–water partition coefficient (Wildman–Crippen LogP) is 4.28. The lowest BCUT2D eigenvalue weighted by Gasteiger charge is -2.26. The van der Waals surface area contributed by atoms with E-state index in [9.17, 15) is 14.4 Å². The van der Waals surface area contributed by atoms with Crippen LogP contribution in [-0.4, -0.2) is 61.0 Å². The van der Waals surface area contributed by atoms with Crippen molar-refractivity contribution in [2.75, 3.05) is 39.2 Å². The lowest BCUT2D eigenvalue weighted by atomic mass is 10.1. The van der Waals surface area contributed by atoms with E-state index in [1.54, 1.807) is 49.1 Å². The van der Waals surface area contributed by atoms with E-state index in [2.05, 4.69) is 5.32 Å². The van der Waals surface area contributed by atoms with Crippen LogP contribution in [0.1, 0.15) is 20.8 Å². The Kier molecular flexibility index (Phi) is 6.99. The lowest BCUT2D eigenvalue weighted by Crippen LogP contribution is -2.44. The molecule has 0 saturated carbocycles. The number of carbonyl (C=O) groups excluding carboxylic acids is 3. The van der Waals surface area contributed by atoms with Gasteiger partial charge in [-0.2, -0.15) is 0 Å². The van der Waals surface area contributed by atoms with Crippen molar-refractivity contribution in [1.82, 2.24) is 9.47 Å². The van der Waals surface area contributed by atoms with E-state index in [4.69, 9.17) is 14.2 Å². The van der Waals surface area contributed by atoms with Gasteiger partial charge in [0, 0.05) is 22.3 Å². The Hall–Kier alpha value is -4.79. The van der Waals surface area contributed by atoms with Gasteiger partial charge in [-0.25, -0.2) is 0 Å². The number of rotatable bonds is 8. The lowest BCUT2D eigenvalue weighted by molar-refractivity contribution is -0.149. The number of cyclic esters (lactones) is 1.